The Balaban J connectivity index is 2.17. The number of hydrogen-bond donors (Lipinski definition) is 1. The second-order valence-corrected chi connectivity index (χ2v) is 4.95. The first kappa shape index (κ1) is 11.9. The van der Waals surface area contributed by atoms with E-state index in [2.05, 4.69) is 20.9 Å². The second kappa shape index (κ2) is 4.51. The molecule has 0 radical (unpaired) electrons. The molecule has 0 amide bonds. The van der Waals surface area contributed by atoms with Gasteiger partial charge in [0.15, 0.2) is 0 Å². The molecule has 19 heavy (non-hydrogen) atoms. The average Bonchev–Trinajstić information content (AvgIpc) is 2.81. The molecule has 3 rings (SSSR count). The van der Waals surface area contributed by atoms with Crippen molar-refractivity contribution in [1.29, 1.82) is 0 Å². The van der Waals surface area contributed by atoms with Crippen molar-refractivity contribution < 1.29 is 9.90 Å². The normalized spacial score (nSPS) is 10.8. The molecule has 0 saturated heterocycles. The van der Waals surface area contributed by atoms with Crippen LogP contribution in [0.15, 0.2) is 53.3 Å². The van der Waals surface area contributed by atoms with E-state index in [0.717, 1.165) is 15.7 Å². The number of carboxylic acid groups (broad SMARTS) is 1. The maximum atomic E-state index is 10.9. The third-order valence-electron chi connectivity index (χ3n) is 2.86. The van der Waals surface area contributed by atoms with Crippen LogP contribution in [-0.2, 0) is 0 Å². The van der Waals surface area contributed by atoms with Crippen LogP contribution in [0.25, 0.3) is 16.9 Å². The monoisotopic (exact) mass is 316 g/mol. The molecule has 1 N–H and O–H groups in total. The van der Waals surface area contributed by atoms with Crippen molar-refractivity contribution in [3.8, 4) is 11.3 Å². The van der Waals surface area contributed by atoms with Crippen LogP contribution in [0.3, 0.4) is 0 Å². The maximum Gasteiger partial charge on any atom is 0.335 e. The van der Waals surface area contributed by atoms with Crippen molar-refractivity contribution in [3.63, 3.8) is 0 Å². The highest BCUT2D eigenvalue weighted by Crippen LogP contribution is 2.27. The van der Waals surface area contributed by atoms with Gasteiger partial charge in [-0.05, 0) is 18.2 Å². The Morgan fingerprint density at radius 1 is 1.26 bits per heavy atom. The highest BCUT2D eigenvalue weighted by Gasteiger charge is 2.09. The number of aromatic carboxylic acids is 1. The molecule has 0 aliphatic heterocycles. The Hall–Kier alpha value is -2.14. The third kappa shape index (κ3) is 2.13. The van der Waals surface area contributed by atoms with Gasteiger partial charge in [-0.25, -0.2) is 9.78 Å². The average molecular weight is 317 g/mol. The number of hydrogen-bond acceptors (Lipinski definition) is 2. The molecule has 5 heteroatoms. The lowest BCUT2D eigenvalue weighted by Crippen LogP contribution is -1.96. The predicted molar refractivity (Wildman–Crippen MR) is 75.3 cm³/mol. The van der Waals surface area contributed by atoms with E-state index < -0.39 is 5.97 Å². The summed E-state index contributed by atoms with van der Waals surface area (Å²) in [7, 11) is 0. The van der Waals surface area contributed by atoms with Gasteiger partial charge in [0.25, 0.3) is 0 Å². The summed E-state index contributed by atoms with van der Waals surface area (Å²) in [5.74, 6) is -0.951. The summed E-state index contributed by atoms with van der Waals surface area (Å²) in [4.78, 5) is 15.4. The van der Waals surface area contributed by atoms with Crippen LogP contribution < -0.4 is 0 Å². The number of imidazole rings is 1. The smallest absolute Gasteiger partial charge is 0.335 e. The molecule has 0 bridgehead atoms. The van der Waals surface area contributed by atoms with Crippen LogP contribution in [0.5, 0.6) is 0 Å². The Bertz CT molecular complexity index is 780. The van der Waals surface area contributed by atoms with Gasteiger partial charge in [-0.2, -0.15) is 0 Å². The fourth-order valence-corrected chi connectivity index (χ4v) is 2.40. The Morgan fingerprint density at radius 3 is 2.79 bits per heavy atom. The summed E-state index contributed by atoms with van der Waals surface area (Å²) >= 11 is 3.48. The lowest BCUT2D eigenvalue weighted by molar-refractivity contribution is 0.0697. The van der Waals surface area contributed by atoms with E-state index in [4.69, 9.17) is 5.11 Å². The summed E-state index contributed by atoms with van der Waals surface area (Å²) in [6.07, 6.45) is 3.58. The zero-order valence-electron chi connectivity index (χ0n) is 9.75. The summed E-state index contributed by atoms with van der Waals surface area (Å²) in [5.41, 5.74) is 2.63. The molecule has 0 spiro atoms. The number of carboxylic acids is 1. The topological polar surface area (TPSA) is 54.6 Å². The van der Waals surface area contributed by atoms with E-state index in [-0.39, 0.29) is 5.56 Å². The number of nitrogens with zero attached hydrogens (tertiary/aromatic N) is 2. The van der Waals surface area contributed by atoms with Crippen LogP contribution in [-0.4, -0.2) is 20.5 Å². The first-order chi connectivity index (χ1) is 9.15. The molecule has 0 aliphatic carbocycles. The minimum atomic E-state index is -0.951. The fourth-order valence-electron chi connectivity index (χ4n) is 1.91. The molecular weight excluding hydrogens is 308 g/mol. The number of aromatic nitrogens is 2. The van der Waals surface area contributed by atoms with Crippen molar-refractivity contribution >= 4 is 27.5 Å². The number of halogens is 1. The highest BCUT2D eigenvalue weighted by molar-refractivity contribution is 9.10. The van der Waals surface area contributed by atoms with Crippen molar-refractivity contribution in [2.24, 2.45) is 0 Å². The van der Waals surface area contributed by atoms with Gasteiger partial charge in [0.2, 0.25) is 0 Å². The highest BCUT2D eigenvalue weighted by atomic mass is 79.9. The summed E-state index contributed by atoms with van der Waals surface area (Å²) in [6.45, 7) is 0. The van der Waals surface area contributed by atoms with Gasteiger partial charge in [0, 0.05) is 22.4 Å². The van der Waals surface area contributed by atoms with Gasteiger partial charge < -0.3 is 9.51 Å². The summed E-state index contributed by atoms with van der Waals surface area (Å²) < 4.78 is 2.76. The van der Waals surface area contributed by atoms with E-state index in [0.29, 0.717) is 5.65 Å². The summed E-state index contributed by atoms with van der Waals surface area (Å²) in [5, 5.41) is 8.97. The first-order valence-corrected chi connectivity index (χ1v) is 6.41. The van der Waals surface area contributed by atoms with E-state index in [1.807, 2.05) is 30.5 Å². The molecule has 0 unspecified atom stereocenters. The number of rotatable bonds is 2. The summed E-state index contributed by atoms with van der Waals surface area (Å²) in [6, 6.07) is 10.9. The molecule has 0 fully saturated rings. The van der Waals surface area contributed by atoms with E-state index in [9.17, 15) is 4.79 Å². The molecule has 4 nitrogen and oxygen atoms in total. The van der Waals surface area contributed by atoms with E-state index >= 15 is 0 Å². The number of carbonyl (C=O) groups is 1. The largest absolute Gasteiger partial charge is 0.478 e. The maximum absolute atomic E-state index is 10.9. The van der Waals surface area contributed by atoms with Gasteiger partial charge in [0.1, 0.15) is 5.65 Å². The van der Waals surface area contributed by atoms with Crippen LogP contribution in [0.1, 0.15) is 10.4 Å². The SMILES string of the molecule is O=C(O)c1ccn2cc(-c3ccccc3Br)nc2c1. The van der Waals surface area contributed by atoms with Gasteiger partial charge in [-0.1, -0.05) is 34.1 Å². The molecular formula is C14H9BrN2O2. The van der Waals surface area contributed by atoms with Crippen LogP contribution in [0.2, 0.25) is 0 Å². The van der Waals surface area contributed by atoms with Gasteiger partial charge in [0.05, 0.1) is 11.3 Å². The number of pyridine rings is 1. The van der Waals surface area contributed by atoms with Crippen molar-refractivity contribution in [2.75, 3.05) is 0 Å². The van der Waals surface area contributed by atoms with Crippen LogP contribution in [0, 0.1) is 0 Å². The predicted octanol–water partition coefficient (Wildman–Crippen LogP) is 3.46. The Kier molecular flexibility index (Phi) is 2.83. The second-order valence-electron chi connectivity index (χ2n) is 4.09. The molecule has 94 valence electrons. The first-order valence-electron chi connectivity index (χ1n) is 5.62. The minimum absolute atomic E-state index is 0.233. The van der Waals surface area contributed by atoms with E-state index in [1.165, 1.54) is 0 Å². The van der Waals surface area contributed by atoms with Crippen LogP contribution >= 0.6 is 15.9 Å². The molecule has 0 aliphatic rings. The van der Waals surface area contributed by atoms with Crippen molar-refractivity contribution in [2.45, 2.75) is 0 Å². The molecule has 3 aromatic rings. The number of benzene rings is 1. The van der Waals surface area contributed by atoms with Crippen molar-refractivity contribution in [3.05, 3.63) is 58.8 Å². The number of fused-ring (bicyclic) bond motifs is 1. The lowest BCUT2D eigenvalue weighted by atomic mass is 10.2. The van der Waals surface area contributed by atoms with Crippen molar-refractivity contribution in [1.82, 2.24) is 9.38 Å². The minimum Gasteiger partial charge on any atom is -0.478 e. The Labute approximate surface area is 117 Å². The zero-order chi connectivity index (χ0) is 13.4. The molecule has 2 heterocycles. The third-order valence-corrected chi connectivity index (χ3v) is 3.55. The van der Waals surface area contributed by atoms with Gasteiger partial charge in [-0.3, -0.25) is 0 Å². The molecule has 0 saturated carbocycles. The lowest BCUT2D eigenvalue weighted by Gasteiger charge is -1.98. The van der Waals surface area contributed by atoms with Gasteiger partial charge in [-0.15, -0.1) is 0 Å². The quantitative estimate of drug-likeness (QED) is 0.787. The van der Waals surface area contributed by atoms with Crippen LogP contribution in [0.4, 0.5) is 0 Å². The molecule has 2 aromatic heterocycles. The molecule has 0 atom stereocenters. The van der Waals surface area contributed by atoms with E-state index in [1.54, 1.807) is 22.7 Å². The fraction of sp³-hybridized carbons (Fsp3) is 0. The Morgan fingerprint density at radius 2 is 2.05 bits per heavy atom. The standard InChI is InChI=1S/C14H9BrN2O2/c15-11-4-2-1-3-10(11)12-8-17-6-5-9(14(18)19)7-13(17)16-12/h1-8H,(H,18,19). The van der Waals surface area contributed by atoms with Gasteiger partial charge >= 0.3 is 5.97 Å². The molecule has 1 aromatic carbocycles. The zero-order valence-corrected chi connectivity index (χ0v) is 11.3.